The first-order valence-corrected chi connectivity index (χ1v) is 6.84. The molecule has 1 unspecified atom stereocenters. The normalized spacial score (nSPS) is 12.9. The summed E-state index contributed by atoms with van der Waals surface area (Å²) in [6.45, 7) is 4.99. The van der Waals surface area contributed by atoms with E-state index >= 15 is 0 Å². The number of hydrogen-bond donors (Lipinski definition) is 0. The summed E-state index contributed by atoms with van der Waals surface area (Å²) in [6.07, 6.45) is 5.03. The molecule has 2 aromatic rings. The summed E-state index contributed by atoms with van der Waals surface area (Å²) in [5.41, 5.74) is 1.95. The summed E-state index contributed by atoms with van der Waals surface area (Å²) in [4.78, 5) is 0. The van der Waals surface area contributed by atoms with Crippen LogP contribution in [0, 0.1) is 0 Å². The van der Waals surface area contributed by atoms with Crippen LogP contribution in [0.4, 0.5) is 0 Å². The van der Waals surface area contributed by atoms with E-state index in [-0.39, 0.29) is 0 Å². The maximum atomic E-state index is 4.53. The van der Waals surface area contributed by atoms with Gasteiger partial charge in [0.2, 0.25) is 0 Å². The summed E-state index contributed by atoms with van der Waals surface area (Å²) in [5, 5.41) is 13.3. The lowest BCUT2D eigenvalue weighted by Crippen LogP contribution is -2.06. The van der Waals surface area contributed by atoms with E-state index in [1.54, 1.807) is 4.68 Å². The molecule has 2 heterocycles. The van der Waals surface area contributed by atoms with E-state index < -0.39 is 0 Å². The Hall–Kier alpha value is -1.17. The number of hydrogen-bond acceptors (Lipinski definition) is 3. The zero-order valence-corrected chi connectivity index (χ0v) is 11.6. The minimum Gasteiger partial charge on any atom is -0.270 e. The SMILES string of the molecule is CCC(C)n1ccc(Cn2cc(CBr)nn2)n1. The van der Waals surface area contributed by atoms with Gasteiger partial charge in [-0.2, -0.15) is 5.10 Å². The van der Waals surface area contributed by atoms with Crippen molar-refractivity contribution in [2.45, 2.75) is 38.2 Å². The van der Waals surface area contributed by atoms with Gasteiger partial charge in [-0.3, -0.25) is 4.68 Å². The van der Waals surface area contributed by atoms with Gasteiger partial charge in [0.05, 0.1) is 17.9 Å². The zero-order valence-electron chi connectivity index (χ0n) is 10.0. The smallest absolute Gasteiger partial charge is 0.0932 e. The van der Waals surface area contributed by atoms with Gasteiger partial charge >= 0.3 is 0 Å². The summed E-state index contributed by atoms with van der Waals surface area (Å²) >= 11 is 3.35. The quantitative estimate of drug-likeness (QED) is 0.796. The molecule has 0 spiro atoms. The maximum Gasteiger partial charge on any atom is 0.0932 e. The van der Waals surface area contributed by atoms with Crippen molar-refractivity contribution in [1.29, 1.82) is 0 Å². The number of rotatable bonds is 5. The Morgan fingerprint density at radius 1 is 1.41 bits per heavy atom. The first-order chi connectivity index (χ1) is 8.22. The minimum atomic E-state index is 0.442. The van der Waals surface area contributed by atoms with Crippen LogP contribution in [-0.2, 0) is 11.9 Å². The Labute approximate surface area is 109 Å². The number of alkyl halides is 1. The van der Waals surface area contributed by atoms with Gasteiger partial charge in [-0.25, -0.2) is 4.68 Å². The van der Waals surface area contributed by atoms with E-state index in [1.807, 2.05) is 23.1 Å². The lowest BCUT2D eigenvalue weighted by molar-refractivity contribution is 0.470. The number of nitrogens with zero attached hydrogens (tertiary/aromatic N) is 5. The highest BCUT2D eigenvalue weighted by Crippen LogP contribution is 2.10. The zero-order chi connectivity index (χ0) is 12.3. The molecule has 0 bridgehead atoms. The predicted molar refractivity (Wildman–Crippen MR) is 69.0 cm³/mol. The Kier molecular flexibility index (Phi) is 3.93. The van der Waals surface area contributed by atoms with E-state index in [0.717, 1.165) is 23.1 Å². The molecule has 0 radical (unpaired) electrons. The van der Waals surface area contributed by atoms with Crippen molar-refractivity contribution < 1.29 is 0 Å². The van der Waals surface area contributed by atoms with Gasteiger partial charge in [-0.15, -0.1) is 5.10 Å². The molecule has 92 valence electrons. The second-order valence-electron chi connectivity index (χ2n) is 4.09. The fourth-order valence-corrected chi connectivity index (χ4v) is 1.79. The van der Waals surface area contributed by atoms with Crippen molar-refractivity contribution >= 4 is 15.9 Å². The van der Waals surface area contributed by atoms with E-state index in [4.69, 9.17) is 0 Å². The molecule has 2 aromatic heterocycles. The third-order valence-corrected chi connectivity index (χ3v) is 3.33. The molecule has 0 fully saturated rings. The van der Waals surface area contributed by atoms with Gasteiger partial charge in [-0.1, -0.05) is 28.1 Å². The second kappa shape index (κ2) is 5.44. The first kappa shape index (κ1) is 12.3. The van der Waals surface area contributed by atoms with Crippen LogP contribution in [0.3, 0.4) is 0 Å². The lowest BCUT2D eigenvalue weighted by Gasteiger charge is -2.07. The van der Waals surface area contributed by atoms with Gasteiger partial charge in [-0.05, 0) is 19.4 Å². The first-order valence-electron chi connectivity index (χ1n) is 5.72. The van der Waals surface area contributed by atoms with E-state index in [0.29, 0.717) is 12.6 Å². The van der Waals surface area contributed by atoms with Crippen LogP contribution in [-0.4, -0.2) is 24.8 Å². The van der Waals surface area contributed by atoms with E-state index in [9.17, 15) is 0 Å². The molecule has 2 rings (SSSR count). The molecule has 0 aromatic carbocycles. The molecular weight excluding hydrogens is 282 g/mol. The predicted octanol–water partition coefficient (Wildman–Crippen LogP) is 2.39. The van der Waals surface area contributed by atoms with Crippen LogP contribution < -0.4 is 0 Å². The van der Waals surface area contributed by atoms with Crippen LogP contribution in [0.5, 0.6) is 0 Å². The van der Waals surface area contributed by atoms with Gasteiger partial charge in [0.15, 0.2) is 0 Å². The summed E-state index contributed by atoms with van der Waals surface area (Å²) in [7, 11) is 0. The Balaban J connectivity index is 2.06. The van der Waals surface area contributed by atoms with Crippen molar-refractivity contribution in [2.24, 2.45) is 0 Å². The van der Waals surface area contributed by atoms with Crippen LogP contribution >= 0.6 is 15.9 Å². The molecule has 6 heteroatoms. The Morgan fingerprint density at radius 2 is 2.24 bits per heavy atom. The maximum absolute atomic E-state index is 4.53. The van der Waals surface area contributed by atoms with Gasteiger partial charge < -0.3 is 0 Å². The minimum absolute atomic E-state index is 0.442. The van der Waals surface area contributed by atoms with Crippen LogP contribution in [0.2, 0.25) is 0 Å². The Morgan fingerprint density at radius 3 is 2.88 bits per heavy atom. The molecule has 0 N–H and O–H groups in total. The average molecular weight is 298 g/mol. The monoisotopic (exact) mass is 297 g/mol. The van der Waals surface area contributed by atoms with E-state index in [1.165, 1.54) is 0 Å². The molecular formula is C11H16BrN5. The fourth-order valence-electron chi connectivity index (χ4n) is 1.54. The summed E-state index contributed by atoms with van der Waals surface area (Å²) in [6, 6.07) is 2.47. The van der Waals surface area contributed by atoms with Gasteiger partial charge in [0, 0.05) is 23.8 Å². The molecule has 0 amide bonds. The van der Waals surface area contributed by atoms with Crippen molar-refractivity contribution in [3.8, 4) is 0 Å². The second-order valence-corrected chi connectivity index (χ2v) is 4.65. The molecule has 0 saturated heterocycles. The number of aromatic nitrogens is 5. The third-order valence-electron chi connectivity index (χ3n) is 2.75. The molecule has 0 saturated carbocycles. The molecule has 0 aliphatic rings. The highest BCUT2D eigenvalue weighted by Gasteiger charge is 2.06. The van der Waals surface area contributed by atoms with Crippen molar-refractivity contribution in [1.82, 2.24) is 24.8 Å². The molecule has 0 aliphatic carbocycles. The third kappa shape index (κ3) is 2.94. The standard InChI is InChI=1S/C11H16BrN5/c1-3-9(2)17-5-4-10(14-17)7-16-8-11(6-12)13-15-16/h4-5,8-9H,3,6-7H2,1-2H3. The van der Waals surface area contributed by atoms with Crippen LogP contribution in [0.1, 0.15) is 37.7 Å². The average Bonchev–Trinajstić information content (AvgIpc) is 2.97. The summed E-state index contributed by atoms with van der Waals surface area (Å²) in [5.74, 6) is 0. The van der Waals surface area contributed by atoms with Crippen LogP contribution in [0.25, 0.3) is 0 Å². The highest BCUT2D eigenvalue weighted by molar-refractivity contribution is 9.08. The lowest BCUT2D eigenvalue weighted by atomic mass is 10.3. The highest BCUT2D eigenvalue weighted by atomic mass is 79.9. The molecule has 17 heavy (non-hydrogen) atoms. The summed E-state index contributed by atoms with van der Waals surface area (Å²) < 4.78 is 3.80. The van der Waals surface area contributed by atoms with Crippen molar-refractivity contribution in [3.63, 3.8) is 0 Å². The van der Waals surface area contributed by atoms with Crippen molar-refractivity contribution in [2.75, 3.05) is 0 Å². The van der Waals surface area contributed by atoms with Crippen LogP contribution in [0.15, 0.2) is 18.5 Å². The van der Waals surface area contributed by atoms with Crippen molar-refractivity contribution in [3.05, 3.63) is 29.8 Å². The number of halogens is 1. The Bertz CT molecular complexity index is 476. The molecule has 1 atom stereocenters. The molecule has 5 nitrogen and oxygen atoms in total. The topological polar surface area (TPSA) is 48.5 Å². The van der Waals surface area contributed by atoms with Gasteiger partial charge in [0.1, 0.15) is 0 Å². The van der Waals surface area contributed by atoms with Gasteiger partial charge in [0.25, 0.3) is 0 Å². The molecule has 0 aliphatic heterocycles. The van der Waals surface area contributed by atoms with E-state index in [2.05, 4.69) is 45.2 Å². The largest absolute Gasteiger partial charge is 0.270 e. The fraction of sp³-hybridized carbons (Fsp3) is 0.545.